The van der Waals surface area contributed by atoms with Gasteiger partial charge in [-0.1, -0.05) is 18.2 Å². The van der Waals surface area contributed by atoms with Crippen LogP contribution < -0.4 is 4.74 Å². The number of halogens is 2. The van der Waals surface area contributed by atoms with Gasteiger partial charge in [0.1, 0.15) is 23.9 Å². The molecule has 0 saturated carbocycles. The zero-order valence-electron chi connectivity index (χ0n) is 9.90. The molecule has 0 aliphatic rings. The molecule has 2 nitrogen and oxygen atoms in total. The summed E-state index contributed by atoms with van der Waals surface area (Å²) in [6.07, 6.45) is 0. The molecule has 0 aliphatic carbocycles. The molecule has 0 atom stereocenters. The van der Waals surface area contributed by atoms with E-state index < -0.39 is 5.82 Å². The number of rotatable bonds is 3. The van der Waals surface area contributed by atoms with Gasteiger partial charge in [0.2, 0.25) is 0 Å². The maximum Gasteiger partial charge on any atom is 0.170 e. The Morgan fingerprint density at radius 3 is 2.63 bits per heavy atom. The minimum absolute atomic E-state index is 0.123. The van der Waals surface area contributed by atoms with E-state index in [2.05, 4.69) is 0 Å². The fourth-order valence-corrected chi connectivity index (χ4v) is 1.86. The van der Waals surface area contributed by atoms with E-state index in [0.717, 1.165) is 0 Å². The molecule has 0 spiro atoms. The van der Waals surface area contributed by atoms with Crippen molar-refractivity contribution in [3.05, 3.63) is 65.9 Å². The van der Waals surface area contributed by atoms with Gasteiger partial charge in [0.05, 0.1) is 0 Å². The third-order valence-electron chi connectivity index (χ3n) is 2.72. The summed E-state index contributed by atoms with van der Waals surface area (Å²) in [7, 11) is 0. The molecule has 19 heavy (non-hydrogen) atoms. The fraction of sp³-hybridized carbons (Fsp3) is 0.0667. The Kier molecular flexibility index (Phi) is 2.91. The fourth-order valence-electron chi connectivity index (χ4n) is 1.86. The van der Waals surface area contributed by atoms with Crippen molar-refractivity contribution < 1.29 is 17.9 Å². The van der Waals surface area contributed by atoms with Crippen LogP contribution in [-0.2, 0) is 6.61 Å². The lowest BCUT2D eigenvalue weighted by atomic mass is 10.2. The van der Waals surface area contributed by atoms with E-state index in [1.165, 1.54) is 18.2 Å². The summed E-state index contributed by atoms with van der Waals surface area (Å²) in [6.45, 7) is 0.123. The number of benzene rings is 2. The number of ether oxygens (including phenoxy) is 1. The van der Waals surface area contributed by atoms with Crippen molar-refractivity contribution in [3.8, 4) is 5.75 Å². The molecular weight excluding hydrogens is 250 g/mol. The van der Waals surface area contributed by atoms with Gasteiger partial charge in [-0.3, -0.25) is 0 Å². The van der Waals surface area contributed by atoms with Crippen LogP contribution in [0.4, 0.5) is 8.78 Å². The molecule has 0 amide bonds. The molecule has 0 aliphatic heterocycles. The van der Waals surface area contributed by atoms with Crippen molar-refractivity contribution in [2.24, 2.45) is 0 Å². The molecule has 0 N–H and O–H groups in total. The summed E-state index contributed by atoms with van der Waals surface area (Å²) in [5, 5.41) is 0.679. The van der Waals surface area contributed by atoms with Gasteiger partial charge in [0, 0.05) is 11.5 Å². The number of para-hydroxylation sites is 1. The van der Waals surface area contributed by atoms with Crippen LogP contribution in [-0.4, -0.2) is 0 Å². The Balaban J connectivity index is 1.80. The second kappa shape index (κ2) is 4.72. The van der Waals surface area contributed by atoms with Gasteiger partial charge in [0.25, 0.3) is 0 Å². The smallest absolute Gasteiger partial charge is 0.170 e. The highest BCUT2D eigenvalue weighted by Crippen LogP contribution is 2.23. The van der Waals surface area contributed by atoms with Gasteiger partial charge in [0.15, 0.2) is 11.4 Å². The van der Waals surface area contributed by atoms with E-state index in [4.69, 9.17) is 9.15 Å². The van der Waals surface area contributed by atoms with E-state index in [1.54, 1.807) is 30.3 Å². The summed E-state index contributed by atoms with van der Waals surface area (Å²) in [6, 6.07) is 12.2. The van der Waals surface area contributed by atoms with Gasteiger partial charge >= 0.3 is 0 Å². The van der Waals surface area contributed by atoms with Crippen molar-refractivity contribution in [1.29, 1.82) is 0 Å². The summed E-state index contributed by atoms with van der Waals surface area (Å²) < 4.78 is 37.1. The minimum atomic E-state index is -0.408. The summed E-state index contributed by atoms with van der Waals surface area (Å²) in [5.41, 5.74) is 0.209. The highest BCUT2D eigenvalue weighted by molar-refractivity contribution is 5.78. The molecule has 0 unspecified atom stereocenters. The third-order valence-corrected chi connectivity index (χ3v) is 2.72. The average molecular weight is 260 g/mol. The van der Waals surface area contributed by atoms with E-state index >= 15 is 0 Å². The van der Waals surface area contributed by atoms with Crippen molar-refractivity contribution in [3.63, 3.8) is 0 Å². The molecule has 1 heterocycles. The number of hydrogen-bond acceptors (Lipinski definition) is 2. The lowest BCUT2D eigenvalue weighted by molar-refractivity contribution is 0.272. The Labute approximate surface area is 108 Å². The molecule has 4 heteroatoms. The third kappa shape index (κ3) is 2.42. The first kappa shape index (κ1) is 11.7. The number of furan rings is 1. The zero-order valence-corrected chi connectivity index (χ0v) is 9.90. The zero-order chi connectivity index (χ0) is 13.2. The Hall–Kier alpha value is -2.36. The van der Waals surface area contributed by atoms with Gasteiger partial charge in [-0.25, -0.2) is 8.78 Å². The molecule has 2 aromatic carbocycles. The average Bonchev–Trinajstić information content (AvgIpc) is 2.81. The quantitative estimate of drug-likeness (QED) is 0.701. The van der Waals surface area contributed by atoms with Crippen LogP contribution in [0.2, 0.25) is 0 Å². The first-order chi connectivity index (χ1) is 9.22. The van der Waals surface area contributed by atoms with E-state index in [0.29, 0.717) is 16.9 Å². The standard InChI is InChI=1S/C15H10F2O2/c16-11-4-2-5-12(8-11)18-9-13-7-10-3-1-6-14(17)15(10)19-13/h1-8H,9H2. The van der Waals surface area contributed by atoms with E-state index in [-0.39, 0.29) is 18.0 Å². The van der Waals surface area contributed by atoms with Crippen molar-refractivity contribution in [1.82, 2.24) is 0 Å². The summed E-state index contributed by atoms with van der Waals surface area (Å²) in [4.78, 5) is 0. The van der Waals surface area contributed by atoms with Gasteiger partial charge in [-0.05, 0) is 24.3 Å². The molecular formula is C15H10F2O2. The lowest BCUT2D eigenvalue weighted by Gasteiger charge is -2.03. The van der Waals surface area contributed by atoms with Crippen molar-refractivity contribution >= 4 is 11.0 Å². The molecule has 3 aromatic rings. The maximum absolute atomic E-state index is 13.4. The van der Waals surface area contributed by atoms with Crippen molar-refractivity contribution in [2.75, 3.05) is 0 Å². The van der Waals surface area contributed by atoms with Gasteiger partial charge in [-0.2, -0.15) is 0 Å². The number of fused-ring (bicyclic) bond motifs is 1. The topological polar surface area (TPSA) is 22.4 Å². The predicted molar refractivity (Wildman–Crippen MR) is 66.9 cm³/mol. The maximum atomic E-state index is 13.4. The monoisotopic (exact) mass is 260 g/mol. The van der Waals surface area contributed by atoms with Crippen LogP contribution >= 0.6 is 0 Å². The first-order valence-corrected chi connectivity index (χ1v) is 5.78. The first-order valence-electron chi connectivity index (χ1n) is 5.78. The second-order valence-electron chi connectivity index (χ2n) is 4.12. The van der Waals surface area contributed by atoms with Crippen LogP contribution in [0.3, 0.4) is 0 Å². The Bertz CT molecular complexity index is 719. The minimum Gasteiger partial charge on any atom is -0.486 e. The Morgan fingerprint density at radius 2 is 1.84 bits per heavy atom. The normalized spacial score (nSPS) is 10.8. The van der Waals surface area contributed by atoms with Crippen LogP contribution in [0.15, 0.2) is 52.9 Å². The molecule has 0 bridgehead atoms. The summed E-state index contributed by atoms with van der Waals surface area (Å²) >= 11 is 0. The van der Waals surface area contributed by atoms with Crippen LogP contribution in [0.5, 0.6) is 5.75 Å². The van der Waals surface area contributed by atoms with Crippen LogP contribution in [0.25, 0.3) is 11.0 Å². The van der Waals surface area contributed by atoms with Crippen molar-refractivity contribution in [2.45, 2.75) is 6.61 Å². The lowest BCUT2D eigenvalue weighted by Crippen LogP contribution is -1.93. The second-order valence-corrected chi connectivity index (χ2v) is 4.12. The predicted octanol–water partition coefficient (Wildman–Crippen LogP) is 4.29. The molecule has 3 rings (SSSR count). The van der Waals surface area contributed by atoms with Crippen LogP contribution in [0, 0.1) is 11.6 Å². The molecule has 0 fully saturated rings. The van der Waals surface area contributed by atoms with Gasteiger partial charge in [-0.15, -0.1) is 0 Å². The number of hydrogen-bond donors (Lipinski definition) is 0. The van der Waals surface area contributed by atoms with Crippen LogP contribution in [0.1, 0.15) is 5.76 Å². The van der Waals surface area contributed by atoms with E-state index in [9.17, 15) is 8.78 Å². The highest BCUT2D eigenvalue weighted by atomic mass is 19.1. The molecule has 96 valence electrons. The highest BCUT2D eigenvalue weighted by Gasteiger charge is 2.08. The van der Waals surface area contributed by atoms with Gasteiger partial charge < -0.3 is 9.15 Å². The molecule has 0 saturated heterocycles. The molecule has 0 radical (unpaired) electrons. The molecule has 1 aromatic heterocycles. The Morgan fingerprint density at radius 1 is 1.00 bits per heavy atom. The summed E-state index contributed by atoms with van der Waals surface area (Å²) in [5.74, 6) is 0.118. The largest absolute Gasteiger partial charge is 0.486 e. The van der Waals surface area contributed by atoms with E-state index in [1.807, 2.05) is 0 Å². The SMILES string of the molecule is Fc1cccc(OCc2cc3cccc(F)c3o2)c1.